The molecule has 42 heavy (non-hydrogen) atoms. The Labute approximate surface area is 249 Å². The molecule has 1 aliphatic carbocycles. The van der Waals surface area contributed by atoms with Gasteiger partial charge >= 0.3 is 5.97 Å². The standard InChI is InChI=1S/C34H31ClN2O5/c35-28-11-5-7-13-31(28)37(33(39)25-16-17-25)20-21-42-26-18-14-23(15-19-26)22-30(34(40)41)36-29-12-6-4-10-27(29)32(38)24-8-2-1-3-9-24/h1-15,18-19,25,30,36H,16-17,20-22H2,(H,40,41). The van der Waals surface area contributed by atoms with Crippen LogP contribution < -0.4 is 15.0 Å². The predicted octanol–water partition coefficient (Wildman–Crippen LogP) is 6.50. The maximum absolute atomic E-state index is 13.1. The summed E-state index contributed by atoms with van der Waals surface area (Å²) in [4.78, 5) is 39.8. The minimum Gasteiger partial charge on any atom is -0.492 e. The summed E-state index contributed by atoms with van der Waals surface area (Å²) < 4.78 is 5.93. The normalized spacial score (nSPS) is 13.2. The lowest BCUT2D eigenvalue weighted by Crippen LogP contribution is -2.36. The van der Waals surface area contributed by atoms with Gasteiger partial charge in [0.2, 0.25) is 5.91 Å². The molecule has 1 amide bonds. The SMILES string of the molecule is O=C(c1ccccc1)c1ccccc1NC(Cc1ccc(OCCN(C(=O)C2CC2)c2ccccc2Cl)cc1)C(=O)O. The molecule has 8 heteroatoms. The van der Waals surface area contributed by atoms with Gasteiger partial charge in [0, 0.05) is 29.2 Å². The Morgan fingerprint density at radius 3 is 2.24 bits per heavy atom. The van der Waals surface area contributed by atoms with Crippen LogP contribution in [0.1, 0.15) is 34.3 Å². The van der Waals surface area contributed by atoms with E-state index in [0.29, 0.717) is 39.8 Å². The van der Waals surface area contributed by atoms with Crippen molar-refractivity contribution in [3.63, 3.8) is 0 Å². The first-order valence-corrected chi connectivity index (χ1v) is 14.2. The van der Waals surface area contributed by atoms with Crippen molar-refractivity contribution in [2.24, 2.45) is 5.92 Å². The Kier molecular flexibility index (Phi) is 9.19. The summed E-state index contributed by atoms with van der Waals surface area (Å²) in [5.74, 6) is -0.509. The van der Waals surface area contributed by atoms with Crippen LogP contribution in [-0.4, -0.2) is 42.0 Å². The molecule has 1 unspecified atom stereocenters. The first kappa shape index (κ1) is 28.9. The molecular weight excluding hydrogens is 552 g/mol. The molecule has 7 nitrogen and oxygen atoms in total. The molecule has 0 spiro atoms. The van der Waals surface area contributed by atoms with Gasteiger partial charge in [0.25, 0.3) is 0 Å². The van der Waals surface area contributed by atoms with Gasteiger partial charge in [-0.3, -0.25) is 9.59 Å². The fourth-order valence-corrected chi connectivity index (χ4v) is 4.96. The van der Waals surface area contributed by atoms with Gasteiger partial charge in [-0.25, -0.2) is 4.79 Å². The van der Waals surface area contributed by atoms with Crippen LogP contribution in [-0.2, 0) is 16.0 Å². The summed E-state index contributed by atoms with van der Waals surface area (Å²) in [6.07, 6.45) is 1.98. The second-order valence-electron chi connectivity index (χ2n) is 10.2. The van der Waals surface area contributed by atoms with E-state index >= 15 is 0 Å². The minimum atomic E-state index is -1.03. The van der Waals surface area contributed by atoms with E-state index in [4.69, 9.17) is 16.3 Å². The van der Waals surface area contributed by atoms with E-state index in [2.05, 4.69) is 5.32 Å². The number of rotatable bonds is 13. The molecule has 0 saturated heterocycles. The van der Waals surface area contributed by atoms with Gasteiger partial charge in [-0.05, 0) is 54.8 Å². The van der Waals surface area contributed by atoms with E-state index in [0.717, 1.165) is 18.4 Å². The maximum atomic E-state index is 13.1. The third-order valence-corrected chi connectivity index (χ3v) is 7.44. The summed E-state index contributed by atoms with van der Waals surface area (Å²) >= 11 is 6.37. The molecule has 0 aliphatic heterocycles. The third kappa shape index (κ3) is 7.17. The molecule has 214 valence electrons. The number of ketones is 1. The van der Waals surface area contributed by atoms with Crippen LogP contribution >= 0.6 is 11.6 Å². The van der Waals surface area contributed by atoms with Gasteiger partial charge in [-0.1, -0.05) is 78.3 Å². The fraction of sp³-hybridized carbons (Fsp3) is 0.206. The van der Waals surface area contributed by atoms with Gasteiger partial charge in [0.15, 0.2) is 5.78 Å². The summed E-state index contributed by atoms with van der Waals surface area (Å²) in [7, 11) is 0. The molecule has 1 fully saturated rings. The summed E-state index contributed by atoms with van der Waals surface area (Å²) in [5, 5.41) is 13.5. The smallest absolute Gasteiger partial charge is 0.326 e. The predicted molar refractivity (Wildman–Crippen MR) is 164 cm³/mol. The van der Waals surface area contributed by atoms with Crippen molar-refractivity contribution in [2.75, 3.05) is 23.4 Å². The average Bonchev–Trinajstić information content (AvgIpc) is 3.86. The van der Waals surface area contributed by atoms with Crippen molar-refractivity contribution < 1.29 is 24.2 Å². The quantitative estimate of drug-likeness (QED) is 0.175. The van der Waals surface area contributed by atoms with Gasteiger partial charge in [0.05, 0.1) is 17.3 Å². The number of aliphatic carboxylic acids is 1. The lowest BCUT2D eigenvalue weighted by molar-refractivity contribution is -0.137. The number of nitrogens with one attached hydrogen (secondary N) is 1. The van der Waals surface area contributed by atoms with E-state index in [-0.39, 0.29) is 30.6 Å². The van der Waals surface area contributed by atoms with E-state index in [1.165, 1.54) is 0 Å². The van der Waals surface area contributed by atoms with Gasteiger partial charge in [0.1, 0.15) is 18.4 Å². The zero-order valence-corrected chi connectivity index (χ0v) is 23.7. The van der Waals surface area contributed by atoms with Crippen molar-refractivity contribution in [2.45, 2.75) is 25.3 Å². The van der Waals surface area contributed by atoms with Crippen LogP contribution in [0.2, 0.25) is 5.02 Å². The van der Waals surface area contributed by atoms with Crippen LogP contribution in [0.15, 0.2) is 103 Å². The van der Waals surface area contributed by atoms with Crippen molar-refractivity contribution in [3.05, 3.63) is 125 Å². The van der Waals surface area contributed by atoms with E-state index in [1.807, 2.05) is 36.4 Å². The van der Waals surface area contributed by atoms with Crippen LogP contribution in [0.3, 0.4) is 0 Å². The Morgan fingerprint density at radius 2 is 1.55 bits per heavy atom. The highest BCUT2D eigenvalue weighted by atomic mass is 35.5. The van der Waals surface area contributed by atoms with Crippen molar-refractivity contribution in [3.8, 4) is 5.75 Å². The first-order chi connectivity index (χ1) is 20.4. The van der Waals surface area contributed by atoms with E-state index in [9.17, 15) is 19.5 Å². The van der Waals surface area contributed by atoms with E-state index in [1.54, 1.807) is 71.6 Å². The Morgan fingerprint density at radius 1 is 0.881 bits per heavy atom. The molecule has 4 aromatic carbocycles. The maximum Gasteiger partial charge on any atom is 0.326 e. The molecule has 0 bridgehead atoms. The molecular formula is C34H31ClN2O5. The van der Waals surface area contributed by atoms with E-state index < -0.39 is 12.0 Å². The molecule has 1 atom stereocenters. The number of carbonyl (C=O) groups is 3. The number of hydrogen-bond donors (Lipinski definition) is 2. The number of carbonyl (C=O) groups excluding carboxylic acids is 2. The van der Waals surface area contributed by atoms with Gasteiger partial charge in [-0.15, -0.1) is 0 Å². The van der Waals surface area contributed by atoms with Crippen LogP contribution in [0.25, 0.3) is 0 Å². The highest BCUT2D eigenvalue weighted by molar-refractivity contribution is 6.33. The van der Waals surface area contributed by atoms with Crippen molar-refractivity contribution >= 4 is 40.6 Å². The number of halogens is 1. The molecule has 1 saturated carbocycles. The van der Waals surface area contributed by atoms with Crippen LogP contribution in [0, 0.1) is 5.92 Å². The van der Waals surface area contributed by atoms with Crippen molar-refractivity contribution in [1.29, 1.82) is 0 Å². The molecule has 2 N–H and O–H groups in total. The first-order valence-electron chi connectivity index (χ1n) is 13.9. The second kappa shape index (κ2) is 13.4. The second-order valence-corrected chi connectivity index (χ2v) is 10.6. The molecule has 1 aliphatic rings. The Bertz CT molecular complexity index is 1550. The number of anilines is 2. The average molecular weight is 583 g/mol. The zero-order chi connectivity index (χ0) is 29.5. The molecule has 4 aromatic rings. The molecule has 0 radical (unpaired) electrons. The highest BCUT2D eigenvalue weighted by Gasteiger charge is 2.34. The van der Waals surface area contributed by atoms with Crippen LogP contribution in [0.4, 0.5) is 11.4 Å². The topological polar surface area (TPSA) is 95.9 Å². The molecule has 5 rings (SSSR count). The largest absolute Gasteiger partial charge is 0.492 e. The number of hydrogen-bond acceptors (Lipinski definition) is 5. The highest BCUT2D eigenvalue weighted by Crippen LogP contribution is 2.35. The number of para-hydroxylation sites is 2. The minimum absolute atomic E-state index is 0.0415. The lowest BCUT2D eigenvalue weighted by Gasteiger charge is -2.24. The fourth-order valence-electron chi connectivity index (χ4n) is 4.72. The number of carboxylic acid groups (broad SMARTS) is 1. The summed E-state index contributed by atoms with van der Waals surface area (Å²) in [6.45, 7) is 0.626. The molecule has 0 heterocycles. The van der Waals surface area contributed by atoms with Crippen LogP contribution in [0.5, 0.6) is 5.75 Å². The lowest BCUT2D eigenvalue weighted by atomic mass is 10.00. The Hall–Kier alpha value is -4.62. The monoisotopic (exact) mass is 582 g/mol. The van der Waals surface area contributed by atoms with Gasteiger partial charge in [-0.2, -0.15) is 0 Å². The number of carboxylic acids is 1. The third-order valence-electron chi connectivity index (χ3n) is 7.12. The number of benzene rings is 4. The van der Waals surface area contributed by atoms with Gasteiger partial charge < -0.3 is 20.1 Å². The summed E-state index contributed by atoms with van der Waals surface area (Å²) in [6, 6.07) is 29.3. The Balaban J connectivity index is 1.21. The number of amides is 1. The summed E-state index contributed by atoms with van der Waals surface area (Å²) in [5.41, 5.74) is 2.86. The zero-order valence-electron chi connectivity index (χ0n) is 22.9. The number of nitrogens with zero attached hydrogens (tertiary/aromatic N) is 1. The number of ether oxygens (including phenoxy) is 1. The van der Waals surface area contributed by atoms with Crippen molar-refractivity contribution in [1.82, 2.24) is 0 Å². The molecule has 0 aromatic heterocycles.